The third kappa shape index (κ3) is 3.56. The summed E-state index contributed by atoms with van der Waals surface area (Å²) >= 11 is 1.64. The van der Waals surface area contributed by atoms with Crippen molar-refractivity contribution in [3.63, 3.8) is 0 Å². The molecule has 7 nitrogen and oxygen atoms in total. The lowest BCUT2D eigenvalue weighted by atomic mass is 10.1. The van der Waals surface area contributed by atoms with Crippen molar-refractivity contribution in [1.82, 2.24) is 34.8 Å². The van der Waals surface area contributed by atoms with Gasteiger partial charge in [0, 0.05) is 42.5 Å². The van der Waals surface area contributed by atoms with Gasteiger partial charge in [-0.3, -0.25) is 9.36 Å². The molecule has 5 rings (SSSR count). The van der Waals surface area contributed by atoms with Gasteiger partial charge >= 0.3 is 0 Å². The molecule has 1 aliphatic rings. The third-order valence-corrected chi connectivity index (χ3v) is 6.02. The van der Waals surface area contributed by atoms with E-state index in [1.807, 2.05) is 11.6 Å². The standard InChI is InChI=1S/C20H23N7S.ClH/c1-3-7-26-13(2)18-15(20-22-6-9-28-20)11-16(23-19(18)25-26)17-10-14-12-21-5-4-8-27(14)24-17;/h6,9-11,21H,3-5,7-8,12H2,1-2H3;1H. The molecule has 152 valence electrons. The second kappa shape index (κ2) is 8.22. The SMILES string of the molecule is CCCn1nc2nc(-c3cc4n(n3)CCCNC4)cc(-c3nccs3)c2c1C.Cl. The van der Waals surface area contributed by atoms with Gasteiger partial charge in [-0.2, -0.15) is 10.2 Å². The topological polar surface area (TPSA) is 73.5 Å². The smallest absolute Gasteiger partial charge is 0.182 e. The molecule has 0 saturated carbocycles. The maximum Gasteiger partial charge on any atom is 0.182 e. The number of nitrogens with one attached hydrogen (secondary N) is 1. The number of pyridine rings is 1. The number of thiazole rings is 1. The molecular weight excluding hydrogens is 406 g/mol. The second-order valence-corrected chi connectivity index (χ2v) is 8.07. The molecule has 0 unspecified atom stereocenters. The van der Waals surface area contributed by atoms with Crippen LogP contribution >= 0.6 is 23.7 Å². The summed E-state index contributed by atoms with van der Waals surface area (Å²) in [6, 6.07) is 4.27. The second-order valence-electron chi connectivity index (χ2n) is 7.17. The number of nitrogens with zero attached hydrogens (tertiary/aromatic N) is 6. The van der Waals surface area contributed by atoms with Crippen LogP contribution in [0.2, 0.25) is 0 Å². The molecule has 9 heteroatoms. The first-order valence-electron chi connectivity index (χ1n) is 9.80. The lowest BCUT2D eigenvalue weighted by molar-refractivity contribution is 0.588. The Balaban J connectivity index is 0.00000205. The van der Waals surface area contributed by atoms with E-state index >= 15 is 0 Å². The summed E-state index contributed by atoms with van der Waals surface area (Å²) in [7, 11) is 0. The Labute approximate surface area is 179 Å². The van der Waals surface area contributed by atoms with Gasteiger partial charge in [-0.25, -0.2) is 9.97 Å². The maximum atomic E-state index is 4.90. The average molecular weight is 430 g/mol. The van der Waals surface area contributed by atoms with Crippen LogP contribution in [0.1, 0.15) is 31.2 Å². The van der Waals surface area contributed by atoms with E-state index in [2.05, 4.69) is 45.6 Å². The summed E-state index contributed by atoms with van der Waals surface area (Å²) in [6.07, 6.45) is 3.98. The number of hydrogen-bond donors (Lipinski definition) is 1. The molecule has 1 N–H and O–H groups in total. The summed E-state index contributed by atoms with van der Waals surface area (Å²) in [4.78, 5) is 9.46. The van der Waals surface area contributed by atoms with Crippen LogP contribution in [0, 0.1) is 6.92 Å². The normalized spacial score (nSPS) is 13.9. The van der Waals surface area contributed by atoms with E-state index in [-0.39, 0.29) is 12.4 Å². The Kier molecular flexibility index (Phi) is 5.67. The molecule has 0 atom stereocenters. The molecule has 29 heavy (non-hydrogen) atoms. The molecule has 0 radical (unpaired) electrons. The van der Waals surface area contributed by atoms with Crippen LogP contribution in [0.15, 0.2) is 23.7 Å². The summed E-state index contributed by atoms with van der Waals surface area (Å²) < 4.78 is 4.16. The minimum absolute atomic E-state index is 0. The fourth-order valence-corrected chi connectivity index (χ4v) is 4.51. The molecule has 1 aliphatic heterocycles. The maximum absolute atomic E-state index is 4.90. The van der Waals surface area contributed by atoms with E-state index in [4.69, 9.17) is 15.2 Å². The summed E-state index contributed by atoms with van der Waals surface area (Å²) in [5.41, 5.74) is 5.98. The minimum atomic E-state index is 0. The van der Waals surface area contributed by atoms with Gasteiger partial charge < -0.3 is 5.32 Å². The summed E-state index contributed by atoms with van der Waals surface area (Å²) in [5, 5.41) is 17.2. The minimum Gasteiger partial charge on any atom is -0.311 e. The largest absolute Gasteiger partial charge is 0.311 e. The van der Waals surface area contributed by atoms with Crippen molar-refractivity contribution in [3.05, 3.63) is 35.1 Å². The number of rotatable bonds is 4. The molecule has 0 saturated heterocycles. The van der Waals surface area contributed by atoms with Crippen LogP contribution in [-0.2, 0) is 19.6 Å². The van der Waals surface area contributed by atoms with Gasteiger partial charge in [0.1, 0.15) is 10.7 Å². The zero-order valence-corrected chi connectivity index (χ0v) is 18.2. The molecular formula is C20H24ClN7S. The highest BCUT2D eigenvalue weighted by atomic mass is 35.5. The Morgan fingerprint density at radius 3 is 2.90 bits per heavy atom. The highest BCUT2D eigenvalue weighted by molar-refractivity contribution is 7.13. The van der Waals surface area contributed by atoms with Crippen molar-refractivity contribution in [1.29, 1.82) is 0 Å². The number of hydrogen-bond acceptors (Lipinski definition) is 6. The Morgan fingerprint density at radius 2 is 2.10 bits per heavy atom. The van der Waals surface area contributed by atoms with Gasteiger partial charge in [-0.1, -0.05) is 6.92 Å². The molecule has 0 aromatic carbocycles. The van der Waals surface area contributed by atoms with Crippen molar-refractivity contribution in [2.75, 3.05) is 6.54 Å². The van der Waals surface area contributed by atoms with Crippen molar-refractivity contribution in [2.45, 2.75) is 46.3 Å². The first kappa shape index (κ1) is 20.0. The molecule has 0 fully saturated rings. The van der Waals surface area contributed by atoms with Crippen LogP contribution < -0.4 is 5.32 Å². The van der Waals surface area contributed by atoms with Crippen LogP contribution in [-0.4, -0.2) is 36.1 Å². The summed E-state index contributed by atoms with van der Waals surface area (Å²) in [5.74, 6) is 0. The average Bonchev–Trinajstić information content (AvgIpc) is 3.40. The zero-order valence-electron chi connectivity index (χ0n) is 16.6. The number of halogens is 1. The quantitative estimate of drug-likeness (QED) is 0.529. The number of aryl methyl sites for hydroxylation is 3. The predicted octanol–water partition coefficient (Wildman–Crippen LogP) is 4.05. The highest BCUT2D eigenvalue weighted by Gasteiger charge is 2.20. The predicted molar refractivity (Wildman–Crippen MR) is 118 cm³/mol. The van der Waals surface area contributed by atoms with Gasteiger partial charge in [0.2, 0.25) is 0 Å². The lowest BCUT2D eigenvalue weighted by Gasteiger charge is -2.04. The molecule has 0 bridgehead atoms. The summed E-state index contributed by atoms with van der Waals surface area (Å²) in [6.45, 7) is 7.99. The molecule has 0 spiro atoms. The van der Waals surface area contributed by atoms with Gasteiger partial charge in [-0.05, 0) is 38.4 Å². The van der Waals surface area contributed by atoms with E-state index in [0.29, 0.717) is 0 Å². The van der Waals surface area contributed by atoms with Crippen LogP contribution in [0.5, 0.6) is 0 Å². The Hall–Kier alpha value is -2.29. The first-order chi connectivity index (χ1) is 13.7. The monoisotopic (exact) mass is 429 g/mol. The van der Waals surface area contributed by atoms with Gasteiger partial charge in [0.05, 0.1) is 16.8 Å². The van der Waals surface area contributed by atoms with E-state index in [0.717, 1.165) is 77.7 Å². The lowest BCUT2D eigenvalue weighted by Crippen LogP contribution is -2.11. The van der Waals surface area contributed by atoms with E-state index in [9.17, 15) is 0 Å². The van der Waals surface area contributed by atoms with Crippen molar-refractivity contribution < 1.29 is 0 Å². The fraction of sp³-hybridized carbons (Fsp3) is 0.400. The van der Waals surface area contributed by atoms with E-state index in [1.54, 1.807) is 11.3 Å². The molecule has 0 amide bonds. The van der Waals surface area contributed by atoms with Gasteiger partial charge in [-0.15, -0.1) is 23.7 Å². The Morgan fingerprint density at radius 1 is 1.21 bits per heavy atom. The molecule has 0 aliphatic carbocycles. The van der Waals surface area contributed by atoms with Crippen molar-refractivity contribution >= 4 is 34.8 Å². The van der Waals surface area contributed by atoms with Crippen molar-refractivity contribution in [3.8, 4) is 22.0 Å². The van der Waals surface area contributed by atoms with Gasteiger partial charge in [0.25, 0.3) is 0 Å². The van der Waals surface area contributed by atoms with Crippen LogP contribution in [0.4, 0.5) is 0 Å². The van der Waals surface area contributed by atoms with Crippen LogP contribution in [0.25, 0.3) is 33.0 Å². The number of fused-ring (bicyclic) bond motifs is 2. The molecule has 5 heterocycles. The van der Waals surface area contributed by atoms with Crippen LogP contribution in [0.3, 0.4) is 0 Å². The molecule has 4 aromatic heterocycles. The zero-order chi connectivity index (χ0) is 19.1. The highest BCUT2D eigenvalue weighted by Crippen LogP contribution is 2.34. The Bertz CT molecular complexity index is 1110. The van der Waals surface area contributed by atoms with E-state index < -0.39 is 0 Å². The van der Waals surface area contributed by atoms with E-state index in [1.165, 1.54) is 5.69 Å². The first-order valence-corrected chi connectivity index (χ1v) is 10.7. The third-order valence-electron chi connectivity index (χ3n) is 5.22. The van der Waals surface area contributed by atoms with Crippen molar-refractivity contribution in [2.24, 2.45) is 0 Å². The fourth-order valence-electron chi connectivity index (χ4n) is 3.85. The number of aromatic nitrogens is 6. The van der Waals surface area contributed by atoms with Gasteiger partial charge in [0.15, 0.2) is 5.65 Å². The molecule has 4 aromatic rings.